The molecule has 18 heavy (non-hydrogen) atoms. The molecule has 2 atom stereocenters. The second-order valence-corrected chi connectivity index (χ2v) is 5.31. The van der Waals surface area contributed by atoms with Gasteiger partial charge in [-0.25, -0.2) is 4.39 Å². The van der Waals surface area contributed by atoms with E-state index in [1.54, 1.807) is 6.07 Å². The summed E-state index contributed by atoms with van der Waals surface area (Å²) in [6.07, 6.45) is 3.61. The van der Waals surface area contributed by atoms with Gasteiger partial charge >= 0.3 is 0 Å². The van der Waals surface area contributed by atoms with Crippen molar-refractivity contribution in [2.75, 3.05) is 0 Å². The Morgan fingerprint density at radius 3 is 2.89 bits per heavy atom. The van der Waals surface area contributed by atoms with Crippen LogP contribution in [0.2, 0.25) is 0 Å². The van der Waals surface area contributed by atoms with Gasteiger partial charge in [-0.15, -0.1) is 0 Å². The normalized spacial score (nSPS) is 23.4. The Morgan fingerprint density at radius 2 is 2.22 bits per heavy atom. The van der Waals surface area contributed by atoms with E-state index in [0.29, 0.717) is 0 Å². The molecular weight excluding hydrogens is 299 g/mol. The summed E-state index contributed by atoms with van der Waals surface area (Å²) in [4.78, 5) is 0. The van der Waals surface area contributed by atoms with E-state index in [1.165, 1.54) is 6.07 Å². The van der Waals surface area contributed by atoms with Crippen molar-refractivity contribution in [2.45, 2.75) is 37.8 Å². The summed E-state index contributed by atoms with van der Waals surface area (Å²) in [6.45, 7) is 0. The highest BCUT2D eigenvalue weighted by Gasteiger charge is 2.22. The number of rotatable bonds is 2. The average molecular weight is 313 g/mol. The Kier molecular flexibility index (Phi) is 4.20. The van der Waals surface area contributed by atoms with Gasteiger partial charge in [0, 0.05) is 6.04 Å². The summed E-state index contributed by atoms with van der Waals surface area (Å²) in [5, 5.41) is 8.79. The van der Waals surface area contributed by atoms with Gasteiger partial charge in [0.15, 0.2) is 11.6 Å². The Morgan fingerprint density at radius 1 is 1.44 bits per heavy atom. The Labute approximate surface area is 114 Å². The minimum absolute atomic E-state index is 0.0388. The summed E-state index contributed by atoms with van der Waals surface area (Å²) in [5.74, 6) is -0.340. The smallest absolute Gasteiger partial charge is 0.180 e. The van der Waals surface area contributed by atoms with Crippen LogP contribution in [0.3, 0.4) is 0 Å². The molecule has 1 aliphatic rings. The lowest BCUT2D eigenvalue weighted by atomic mass is 9.93. The zero-order chi connectivity index (χ0) is 13.1. The fraction of sp³-hybridized carbons (Fsp3) is 0.462. The summed E-state index contributed by atoms with van der Waals surface area (Å²) in [6, 6.07) is 5.09. The number of nitrogens with zero attached hydrogens (tertiary/aromatic N) is 1. The maximum Gasteiger partial charge on any atom is 0.180 e. The number of benzene rings is 1. The first kappa shape index (κ1) is 13.3. The van der Waals surface area contributed by atoms with Crippen LogP contribution in [0.4, 0.5) is 4.39 Å². The lowest BCUT2D eigenvalue weighted by Gasteiger charge is -2.27. The molecule has 96 valence electrons. The van der Waals surface area contributed by atoms with Crippen LogP contribution in [0.25, 0.3) is 0 Å². The van der Waals surface area contributed by atoms with Crippen LogP contribution in [-0.4, -0.2) is 12.1 Å². The van der Waals surface area contributed by atoms with Gasteiger partial charge in [0.2, 0.25) is 0 Å². The molecule has 5 heteroatoms. The molecule has 0 saturated heterocycles. The number of nitriles is 1. The summed E-state index contributed by atoms with van der Waals surface area (Å²) >= 11 is 3.07. The Balaban J connectivity index is 2.15. The van der Waals surface area contributed by atoms with Crippen LogP contribution < -0.4 is 10.5 Å². The first-order valence-corrected chi connectivity index (χ1v) is 6.71. The first-order valence-electron chi connectivity index (χ1n) is 5.92. The molecule has 1 saturated carbocycles. The molecule has 3 nitrogen and oxygen atoms in total. The SMILES string of the molecule is N#Cc1ccc(OC2CCCC(N)C2)c(F)c1Br. The van der Waals surface area contributed by atoms with Crippen LogP contribution in [-0.2, 0) is 0 Å². The fourth-order valence-corrected chi connectivity index (χ4v) is 2.59. The van der Waals surface area contributed by atoms with E-state index < -0.39 is 5.82 Å². The van der Waals surface area contributed by atoms with E-state index >= 15 is 0 Å². The first-order chi connectivity index (χ1) is 8.61. The van der Waals surface area contributed by atoms with Crippen molar-refractivity contribution in [3.8, 4) is 11.8 Å². The number of halogens is 2. The molecule has 2 unspecified atom stereocenters. The van der Waals surface area contributed by atoms with E-state index in [0.717, 1.165) is 25.7 Å². The van der Waals surface area contributed by atoms with E-state index in [2.05, 4.69) is 15.9 Å². The third kappa shape index (κ3) is 2.82. The maximum atomic E-state index is 13.9. The van der Waals surface area contributed by atoms with Crippen LogP contribution in [0.15, 0.2) is 16.6 Å². The van der Waals surface area contributed by atoms with Gasteiger partial charge in [0.1, 0.15) is 12.2 Å². The van der Waals surface area contributed by atoms with Crippen LogP contribution >= 0.6 is 15.9 Å². The van der Waals surface area contributed by atoms with Gasteiger partial charge in [-0.05, 0) is 53.7 Å². The molecule has 2 N–H and O–H groups in total. The zero-order valence-corrected chi connectivity index (χ0v) is 11.4. The maximum absolute atomic E-state index is 13.9. The number of ether oxygens (including phenoxy) is 1. The molecule has 0 radical (unpaired) electrons. The lowest BCUT2D eigenvalue weighted by molar-refractivity contribution is 0.138. The van der Waals surface area contributed by atoms with Gasteiger partial charge in [-0.2, -0.15) is 5.26 Å². The molecular formula is C13H14BrFN2O. The van der Waals surface area contributed by atoms with Crippen LogP contribution in [0, 0.1) is 17.1 Å². The zero-order valence-electron chi connectivity index (χ0n) is 9.83. The second-order valence-electron chi connectivity index (χ2n) is 4.52. The highest BCUT2D eigenvalue weighted by atomic mass is 79.9. The molecule has 0 amide bonds. The van der Waals surface area contributed by atoms with Gasteiger partial charge in [0.25, 0.3) is 0 Å². The third-order valence-corrected chi connectivity index (χ3v) is 3.90. The minimum Gasteiger partial charge on any atom is -0.487 e. The number of hydrogen-bond donors (Lipinski definition) is 1. The molecule has 0 aliphatic heterocycles. The number of nitrogens with two attached hydrogens (primary N) is 1. The molecule has 0 heterocycles. The van der Waals surface area contributed by atoms with Crippen LogP contribution in [0.1, 0.15) is 31.2 Å². The van der Waals surface area contributed by atoms with E-state index in [4.69, 9.17) is 15.7 Å². The molecule has 1 aromatic carbocycles. The second kappa shape index (κ2) is 5.68. The van der Waals surface area contributed by atoms with Gasteiger partial charge < -0.3 is 10.5 Å². The monoisotopic (exact) mass is 312 g/mol. The average Bonchev–Trinajstić information content (AvgIpc) is 2.35. The summed E-state index contributed by atoms with van der Waals surface area (Å²) in [5.41, 5.74) is 6.13. The molecule has 1 fully saturated rings. The van der Waals surface area contributed by atoms with Crippen molar-refractivity contribution in [2.24, 2.45) is 5.73 Å². The van der Waals surface area contributed by atoms with Crippen molar-refractivity contribution in [3.63, 3.8) is 0 Å². The largest absolute Gasteiger partial charge is 0.487 e. The Hall–Kier alpha value is -1.12. The van der Waals surface area contributed by atoms with E-state index in [-0.39, 0.29) is 27.9 Å². The number of hydrogen-bond acceptors (Lipinski definition) is 3. The molecule has 0 bridgehead atoms. The quantitative estimate of drug-likeness (QED) is 0.912. The van der Waals surface area contributed by atoms with Crippen molar-refractivity contribution in [1.82, 2.24) is 0 Å². The Bertz CT molecular complexity index is 487. The molecule has 0 spiro atoms. The van der Waals surface area contributed by atoms with E-state index in [1.807, 2.05) is 6.07 Å². The predicted molar refractivity (Wildman–Crippen MR) is 69.7 cm³/mol. The molecule has 2 rings (SSSR count). The summed E-state index contributed by atoms with van der Waals surface area (Å²) in [7, 11) is 0. The van der Waals surface area contributed by atoms with E-state index in [9.17, 15) is 4.39 Å². The predicted octanol–water partition coefficient (Wildman–Crippen LogP) is 3.11. The fourth-order valence-electron chi connectivity index (χ4n) is 2.18. The third-order valence-electron chi connectivity index (χ3n) is 3.13. The summed E-state index contributed by atoms with van der Waals surface area (Å²) < 4.78 is 19.7. The van der Waals surface area contributed by atoms with Crippen LogP contribution in [0.5, 0.6) is 5.75 Å². The van der Waals surface area contributed by atoms with Gasteiger partial charge in [0.05, 0.1) is 10.0 Å². The highest BCUT2D eigenvalue weighted by molar-refractivity contribution is 9.10. The van der Waals surface area contributed by atoms with Crippen molar-refractivity contribution in [1.29, 1.82) is 5.26 Å². The molecule has 1 aliphatic carbocycles. The standard InChI is InChI=1S/C13H14BrFN2O/c14-12-8(7-16)4-5-11(13(12)15)18-10-3-1-2-9(17)6-10/h4-5,9-10H,1-3,6,17H2. The van der Waals surface area contributed by atoms with Gasteiger partial charge in [-0.3, -0.25) is 0 Å². The minimum atomic E-state index is -0.520. The molecule has 1 aromatic rings. The highest BCUT2D eigenvalue weighted by Crippen LogP contribution is 2.31. The van der Waals surface area contributed by atoms with Crippen molar-refractivity contribution in [3.05, 3.63) is 28.0 Å². The van der Waals surface area contributed by atoms with Crippen molar-refractivity contribution < 1.29 is 9.13 Å². The molecule has 0 aromatic heterocycles. The van der Waals surface area contributed by atoms with Gasteiger partial charge in [-0.1, -0.05) is 0 Å². The topological polar surface area (TPSA) is 59.0 Å². The lowest BCUT2D eigenvalue weighted by Crippen LogP contribution is -2.33. The van der Waals surface area contributed by atoms with Crippen molar-refractivity contribution >= 4 is 15.9 Å².